The number of rotatable bonds is 5. The Labute approximate surface area is 83.1 Å². The SMILES string of the molecule is CCC(C)NCC(C)OC(C)(C)C. The van der Waals surface area contributed by atoms with Gasteiger partial charge in [0.2, 0.25) is 0 Å². The molecule has 2 unspecified atom stereocenters. The van der Waals surface area contributed by atoms with Gasteiger partial charge in [0.15, 0.2) is 0 Å². The van der Waals surface area contributed by atoms with Gasteiger partial charge in [-0.2, -0.15) is 0 Å². The molecule has 0 rings (SSSR count). The van der Waals surface area contributed by atoms with E-state index in [1.165, 1.54) is 6.42 Å². The fourth-order valence-corrected chi connectivity index (χ4v) is 1.16. The molecule has 2 atom stereocenters. The standard InChI is InChI=1S/C11H25NO/c1-7-9(2)12-8-10(3)13-11(4,5)6/h9-10,12H,7-8H2,1-6H3. The summed E-state index contributed by atoms with van der Waals surface area (Å²) in [5, 5.41) is 3.43. The van der Waals surface area contributed by atoms with Crippen LogP contribution in [0.3, 0.4) is 0 Å². The van der Waals surface area contributed by atoms with E-state index in [-0.39, 0.29) is 11.7 Å². The second-order valence-electron chi connectivity index (χ2n) is 4.76. The molecule has 1 N–H and O–H groups in total. The highest BCUT2D eigenvalue weighted by Crippen LogP contribution is 2.09. The quantitative estimate of drug-likeness (QED) is 0.714. The number of hydrogen-bond acceptors (Lipinski definition) is 2. The van der Waals surface area contributed by atoms with Gasteiger partial charge in [-0.05, 0) is 41.0 Å². The van der Waals surface area contributed by atoms with Crippen molar-refractivity contribution in [2.24, 2.45) is 0 Å². The summed E-state index contributed by atoms with van der Waals surface area (Å²) >= 11 is 0. The van der Waals surface area contributed by atoms with Gasteiger partial charge in [-0.15, -0.1) is 0 Å². The summed E-state index contributed by atoms with van der Waals surface area (Å²) in [7, 11) is 0. The van der Waals surface area contributed by atoms with Crippen LogP contribution in [0.25, 0.3) is 0 Å². The van der Waals surface area contributed by atoms with Crippen LogP contribution in [0.5, 0.6) is 0 Å². The van der Waals surface area contributed by atoms with E-state index in [0.717, 1.165) is 6.54 Å². The Balaban J connectivity index is 3.57. The van der Waals surface area contributed by atoms with E-state index in [0.29, 0.717) is 6.04 Å². The summed E-state index contributed by atoms with van der Waals surface area (Å²) in [4.78, 5) is 0. The van der Waals surface area contributed by atoms with Gasteiger partial charge in [0, 0.05) is 12.6 Å². The molecule has 0 bridgehead atoms. The van der Waals surface area contributed by atoms with Crippen molar-refractivity contribution < 1.29 is 4.74 Å². The molecule has 0 radical (unpaired) electrons. The Morgan fingerprint density at radius 1 is 1.23 bits per heavy atom. The summed E-state index contributed by atoms with van der Waals surface area (Å²) in [6.07, 6.45) is 1.45. The molecule has 0 saturated carbocycles. The maximum absolute atomic E-state index is 5.77. The number of hydrogen-bond donors (Lipinski definition) is 1. The average Bonchev–Trinajstić information content (AvgIpc) is 1.97. The third kappa shape index (κ3) is 8.26. The van der Waals surface area contributed by atoms with Crippen molar-refractivity contribution >= 4 is 0 Å². The molecule has 0 aromatic carbocycles. The van der Waals surface area contributed by atoms with Crippen molar-refractivity contribution in [2.75, 3.05) is 6.54 Å². The molecule has 2 heteroatoms. The zero-order valence-electron chi connectivity index (χ0n) is 9.98. The van der Waals surface area contributed by atoms with E-state index in [1.807, 2.05) is 0 Å². The lowest BCUT2D eigenvalue weighted by atomic mass is 10.2. The van der Waals surface area contributed by atoms with Crippen molar-refractivity contribution in [3.8, 4) is 0 Å². The molecule has 0 heterocycles. The molecule has 0 amide bonds. The van der Waals surface area contributed by atoms with Crippen molar-refractivity contribution in [1.82, 2.24) is 5.32 Å². The van der Waals surface area contributed by atoms with Crippen molar-refractivity contribution in [2.45, 2.75) is 65.7 Å². The smallest absolute Gasteiger partial charge is 0.0678 e. The van der Waals surface area contributed by atoms with Crippen LogP contribution < -0.4 is 5.32 Å². The minimum Gasteiger partial charge on any atom is -0.372 e. The van der Waals surface area contributed by atoms with E-state index >= 15 is 0 Å². The highest BCUT2D eigenvalue weighted by molar-refractivity contribution is 4.66. The molecule has 13 heavy (non-hydrogen) atoms. The van der Waals surface area contributed by atoms with Crippen LogP contribution in [-0.2, 0) is 4.74 Å². The van der Waals surface area contributed by atoms with Crippen molar-refractivity contribution in [3.63, 3.8) is 0 Å². The van der Waals surface area contributed by atoms with Gasteiger partial charge in [-0.25, -0.2) is 0 Å². The normalized spacial score (nSPS) is 17.1. The van der Waals surface area contributed by atoms with Gasteiger partial charge >= 0.3 is 0 Å². The van der Waals surface area contributed by atoms with Gasteiger partial charge < -0.3 is 10.1 Å². The first-order valence-corrected chi connectivity index (χ1v) is 5.26. The Hall–Kier alpha value is -0.0800. The maximum atomic E-state index is 5.77. The van der Waals surface area contributed by atoms with E-state index in [1.54, 1.807) is 0 Å². The van der Waals surface area contributed by atoms with E-state index in [4.69, 9.17) is 4.74 Å². The predicted octanol–water partition coefficient (Wildman–Crippen LogP) is 2.58. The molecule has 0 aliphatic rings. The molecule has 0 aliphatic carbocycles. The van der Waals surface area contributed by atoms with Crippen molar-refractivity contribution in [3.05, 3.63) is 0 Å². The highest BCUT2D eigenvalue weighted by Gasteiger charge is 2.14. The van der Waals surface area contributed by atoms with Crippen LogP contribution >= 0.6 is 0 Å². The fraction of sp³-hybridized carbons (Fsp3) is 1.00. The highest BCUT2D eigenvalue weighted by atomic mass is 16.5. The summed E-state index contributed by atoms with van der Waals surface area (Å²) in [5.74, 6) is 0. The van der Waals surface area contributed by atoms with Crippen LogP contribution in [0.4, 0.5) is 0 Å². The molecule has 0 aliphatic heterocycles. The van der Waals surface area contributed by atoms with Crippen LogP contribution in [-0.4, -0.2) is 24.3 Å². The molecule has 0 aromatic heterocycles. The minimum atomic E-state index is -0.0312. The Morgan fingerprint density at radius 2 is 1.77 bits per heavy atom. The predicted molar refractivity (Wildman–Crippen MR) is 58.1 cm³/mol. The molecule has 2 nitrogen and oxygen atoms in total. The van der Waals surface area contributed by atoms with Gasteiger partial charge in [-0.3, -0.25) is 0 Å². The molecule has 0 aromatic rings. The summed E-state index contributed by atoms with van der Waals surface area (Å²) in [6, 6.07) is 0.589. The van der Waals surface area contributed by atoms with Gasteiger partial charge in [0.25, 0.3) is 0 Å². The van der Waals surface area contributed by atoms with Gasteiger partial charge in [0.05, 0.1) is 11.7 Å². The molecular formula is C11H25NO. The second-order valence-corrected chi connectivity index (χ2v) is 4.76. The van der Waals surface area contributed by atoms with Gasteiger partial charge in [0.1, 0.15) is 0 Å². The zero-order valence-corrected chi connectivity index (χ0v) is 9.98. The molecule has 80 valence electrons. The van der Waals surface area contributed by atoms with E-state index < -0.39 is 0 Å². The minimum absolute atomic E-state index is 0.0312. The zero-order chi connectivity index (χ0) is 10.5. The topological polar surface area (TPSA) is 21.3 Å². The van der Waals surface area contributed by atoms with Gasteiger partial charge in [-0.1, -0.05) is 6.92 Å². The number of nitrogens with one attached hydrogen (secondary N) is 1. The molecule has 0 fully saturated rings. The Bertz CT molecular complexity index is 129. The fourth-order valence-electron chi connectivity index (χ4n) is 1.16. The first kappa shape index (κ1) is 12.9. The second kappa shape index (κ2) is 5.61. The summed E-state index contributed by atoms with van der Waals surface area (Å²) in [5.41, 5.74) is -0.0312. The third-order valence-corrected chi connectivity index (χ3v) is 1.92. The van der Waals surface area contributed by atoms with Crippen molar-refractivity contribution in [1.29, 1.82) is 0 Å². The third-order valence-electron chi connectivity index (χ3n) is 1.92. The van der Waals surface area contributed by atoms with Crippen LogP contribution in [0, 0.1) is 0 Å². The van der Waals surface area contributed by atoms with Crippen LogP contribution in [0.2, 0.25) is 0 Å². The van der Waals surface area contributed by atoms with E-state index in [2.05, 4.69) is 46.9 Å². The molecule has 0 saturated heterocycles. The summed E-state index contributed by atoms with van der Waals surface area (Å²) in [6.45, 7) is 13.7. The Morgan fingerprint density at radius 3 is 2.15 bits per heavy atom. The maximum Gasteiger partial charge on any atom is 0.0678 e. The lowest BCUT2D eigenvalue weighted by Crippen LogP contribution is -2.37. The van der Waals surface area contributed by atoms with Crippen LogP contribution in [0.1, 0.15) is 48.0 Å². The first-order valence-electron chi connectivity index (χ1n) is 5.26. The molecular weight excluding hydrogens is 162 g/mol. The Kier molecular flexibility index (Phi) is 5.57. The lowest BCUT2D eigenvalue weighted by molar-refractivity contribution is -0.0505. The average molecular weight is 187 g/mol. The lowest BCUT2D eigenvalue weighted by Gasteiger charge is -2.26. The largest absolute Gasteiger partial charge is 0.372 e. The molecule has 0 spiro atoms. The number of ether oxygens (including phenoxy) is 1. The first-order chi connectivity index (χ1) is 5.85. The monoisotopic (exact) mass is 187 g/mol. The summed E-state index contributed by atoms with van der Waals surface area (Å²) < 4.78 is 5.77. The van der Waals surface area contributed by atoms with Crippen LogP contribution in [0.15, 0.2) is 0 Å². The van der Waals surface area contributed by atoms with E-state index in [9.17, 15) is 0 Å².